The SMILES string of the molecule is CC(CC(=O)c1cc2c(cn1)ncn2C)c1cnc(Nc2cc(Cl)ncn2)s1. The number of halogens is 1. The highest BCUT2D eigenvalue weighted by atomic mass is 35.5. The third kappa shape index (κ3) is 3.85. The molecule has 0 radical (unpaired) electrons. The van der Waals surface area contributed by atoms with Gasteiger partial charge in [-0.1, -0.05) is 18.5 Å². The predicted octanol–water partition coefficient (Wildman–Crippen LogP) is 3.99. The Morgan fingerprint density at radius 1 is 1.21 bits per heavy atom. The van der Waals surface area contributed by atoms with Gasteiger partial charge in [0.1, 0.15) is 28.5 Å². The second kappa shape index (κ2) is 7.61. The van der Waals surface area contributed by atoms with Crippen molar-refractivity contribution in [2.24, 2.45) is 7.05 Å². The summed E-state index contributed by atoms with van der Waals surface area (Å²) in [6.07, 6.45) is 6.84. The molecule has 0 fully saturated rings. The van der Waals surface area contributed by atoms with Crippen molar-refractivity contribution in [3.63, 3.8) is 0 Å². The lowest BCUT2D eigenvalue weighted by Gasteiger charge is -2.07. The van der Waals surface area contributed by atoms with E-state index in [1.54, 1.807) is 30.9 Å². The molecule has 8 nitrogen and oxygen atoms in total. The van der Waals surface area contributed by atoms with Gasteiger partial charge in [-0.3, -0.25) is 9.78 Å². The molecule has 0 amide bonds. The zero-order chi connectivity index (χ0) is 19.7. The molecule has 0 bridgehead atoms. The maximum absolute atomic E-state index is 12.7. The summed E-state index contributed by atoms with van der Waals surface area (Å²) >= 11 is 7.34. The molecular formula is C18H16ClN7OS. The van der Waals surface area contributed by atoms with Crippen LogP contribution >= 0.6 is 22.9 Å². The van der Waals surface area contributed by atoms with Crippen LogP contribution in [0.1, 0.15) is 34.6 Å². The van der Waals surface area contributed by atoms with Crippen LogP contribution in [0, 0.1) is 0 Å². The number of aromatic nitrogens is 6. The number of hydrogen-bond acceptors (Lipinski definition) is 8. The Balaban J connectivity index is 1.45. The zero-order valence-electron chi connectivity index (χ0n) is 15.1. The number of nitrogens with one attached hydrogen (secondary N) is 1. The smallest absolute Gasteiger partial charge is 0.188 e. The van der Waals surface area contributed by atoms with Crippen molar-refractivity contribution in [3.05, 3.63) is 52.9 Å². The number of imidazole rings is 1. The first-order valence-corrected chi connectivity index (χ1v) is 9.69. The molecule has 1 unspecified atom stereocenters. The third-order valence-electron chi connectivity index (χ3n) is 4.27. The molecule has 0 aliphatic rings. The van der Waals surface area contributed by atoms with E-state index in [-0.39, 0.29) is 11.7 Å². The van der Waals surface area contributed by atoms with Crippen molar-refractivity contribution in [2.45, 2.75) is 19.3 Å². The van der Waals surface area contributed by atoms with Gasteiger partial charge in [0.05, 0.1) is 18.0 Å². The van der Waals surface area contributed by atoms with E-state index in [9.17, 15) is 4.79 Å². The number of thiazole rings is 1. The number of carbonyl (C=O) groups excluding carboxylic acids is 1. The van der Waals surface area contributed by atoms with Gasteiger partial charge in [-0.15, -0.1) is 11.3 Å². The molecule has 4 rings (SSSR count). The Morgan fingerprint density at radius 3 is 2.89 bits per heavy atom. The minimum Gasteiger partial charge on any atom is -0.334 e. The molecule has 0 aliphatic carbocycles. The van der Waals surface area contributed by atoms with Crippen LogP contribution < -0.4 is 5.32 Å². The Bertz CT molecular complexity index is 1160. The van der Waals surface area contributed by atoms with E-state index < -0.39 is 0 Å². The highest BCUT2D eigenvalue weighted by Gasteiger charge is 2.18. The number of aryl methyl sites for hydroxylation is 1. The number of hydrogen-bond donors (Lipinski definition) is 1. The van der Waals surface area contributed by atoms with Gasteiger partial charge in [0.2, 0.25) is 0 Å². The fraction of sp³-hybridized carbons (Fsp3) is 0.222. The molecule has 0 saturated heterocycles. The van der Waals surface area contributed by atoms with E-state index in [4.69, 9.17) is 11.6 Å². The van der Waals surface area contributed by atoms with Crippen LogP contribution in [0.3, 0.4) is 0 Å². The minimum absolute atomic E-state index is 0.0126. The molecule has 1 atom stereocenters. The molecule has 0 saturated carbocycles. The zero-order valence-corrected chi connectivity index (χ0v) is 16.7. The molecule has 4 heterocycles. The molecule has 0 aromatic carbocycles. The van der Waals surface area contributed by atoms with Crippen molar-refractivity contribution in [1.29, 1.82) is 0 Å². The molecule has 0 spiro atoms. The van der Waals surface area contributed by atoms with Crippen molar-refractivity contribution < 1.29 is 4.79 Å². The summed E-state index contributed by atoms with van der Waals surface area (Å²) in [6, 6.07) is 3.41. The highest BCUT2D eigenvalue weighted by Crippen LogP contribution is 2.30. The fourth-order valence-corrected chi connectivity index (χ4v) is 3.77. The van der Waals surface area contributed by atoms with Gasteiger partial charge >= 0.3 is 0 Å². The number of carbonyl (C=O) groups is 1. The number of pyridine rings is 1. The lowest BCUT2D eigenvalue weighted by atomic mass is 10.0. The second-order valence-corrected chi connectivity index (χ2v) is 7.81. The van der Waals surface area contributed by atoms with Crippen LogP contribution in [0.5, 0.6) is 0 Å². The average Bonchev–Trinajstić information content (AvgIpc) is 3.28. The minimum atomic E-state index is -0.0129. The number of Topliss-reactive ketones (excluding diaryl/α,β-unsaturated/α-hetero) is 1. The van der Waals surface area contributed by atoms with Gasteiger partial charge in [0, 0.05) is 30.6 Å². The summed E-state index contributed by atoms with van der Waals surface area (Å²) in [6.45, 7) is 2.00. The Labute approximate surface area is 169 Å². The van der Waals surface area contributed by atoms with Gasteiger partial charge < -0.3 is 9.88 Å². The third-order valence-corrected chi connectivity index (χ3v) is 5.62. The van der Waals surface area contributed by atoms with E-state index in [1.165, 1.54) is 17.7 Å². The maximum atomic E-state index is 12.7. The molecule has 0 aliphatic heterocycles. The first kappa shape index (κ1) is 18.5. The van der Waals surface area contributed by atoms with Crippen LogP contribution in [0.4, 0.5) is 10.9 Å². The van der Waals surface area contributed by atoms with Gasteiger partial charge in [-0.25, -0.2) is 19.9 Å². The van der Waals surface area contributed by atoms with Crippen molar-refractivity contribution in [2.75, 3.05) is 5.32 Å². The first-order chi connectivity index (χ1) is 13.5. The lowest BCUT2D eigenvalue weighted by molar-refractivity contribution is 0.0971. The van der Waals surface area contributed by atoms with E-state index in [0.717, 1.165) is 15.9 Å². The Hall–Kier alpha value is -2.91. The Morgan fingerprint density at radius 2 is 2.07 bits per heavy atom. The molecular weight excluding hydrogens is 398 g/mol. The summed E-state index contributed by atoms with van der Waals surface area (Å²) in [5.41, 5.74) is 2.11. The standard InChI is InChI=1S/C18H16ClN7OS/c1-10(3-14(27)11-4-13-12(6-20-11)24-9-26(13)2)15-7-21-18(28-15)25-17-5-16(19)22-8-23-17/h4-10H,3H2,1-2H3,(H,21,22,23,25). The normalized spacial score (nSPS) is 12.2. The van der Waals surface area contributed by atoms with Crippen molar-refractivity contribution >= 4 is 50.7 Å². The molecule has 4 aromatic rings. The summed E-state index contributed by atoms with van der Waals surface area (Å²) in [5, 5.41) is 4.13. The van der Waals surface area contributed by atoms with Gasteiger partial charge in [-0.2, -0.15) is 0 Å². The molecule has 28 heavy (non-hydrogen) atoms. The van der Waals surface area contributed by atoms with Crippen LogP contribution in [0.2, 0.25) is 5.15 Å². The lowest BCUT2D eigenvalue weighted by Crippen LogP contribution is -2.06. The summed E-state index contributed by atoms with van der Waals surface area (Å²) in [5.74, 6) is 0.568. The monoisotopic (exact) mass is 413 g/mol. The van der Waals surface area contributed by atoms with Gasteiger partial charge in [-0.05, 0) is 12.0 Å². The first-order valence-electron chi connectivity index (χ1n) is 8.50. The quantitative estimate of drug-likeness (QED) is 0.377. The van der Waals surface area contributed by atoms with Crippen molar-refractivity contribution in [3.8, 4) is 0 Å². The molecule has 4 aromatic heterocycles. The topological polar surface area (TPSA) is 98.5 Å². The van der Waals surface area contributed by atoms with Gasteiger partial charge in [0.15, 0.2) is 10.9 Å². The van der Waals surface area contributed by atoms with E-state index >= 15 is 0 Å². The second-order valence-electron chi connectivity index (χ2n) is 6.36. The summed E-state index contributed by atoms with van der Waals surface area (Å²) in [4.78, 5) is 34.5. The van der Waals surface area contributed by atoms with E-state index in [1.807, 2.05) is 18.5 Å². The van der Waals surface area contributed by atoms with Crippen LogP contribution in [0.15, 0.2) is 37.2 Å². The molecule has 142 valence electrons. The highest BCUT2D eigenvalue weighted by molar-refractivity contribution is 7.15. The summed E-state index contributed by atoms with van der Waals surface area (Å²) < 4.78 is 1.87. The largest absolute Gasteiger partial charge is 0.334 e. The van der Waals surface area contributed by atoms with E-state index in [0.29, 0.717) is 28.2 Å². The van der Waals surface area contributed by atoms with Crippen molar-refractivity contribution in [1.82, 2.24) is 29.5 Å². The number of anilines is 2. The Kier molecular flexibility index (Phi) is 5.01. The summed E-state index contributed by atoms with van der Waals surface area (Å²) in [7, 11) is 1.89. The fourth-order valence-electron chi connectivity index (χ4n) is 2.75. The molecule has 10 heteroatoms. The van der Waals surface area contributed by atoms with Crippen LogP contribution in [0.25, 0.3) is 11.0 Å². The van der Waals surface area contributed by atoms with Gasteiger partial charge in [0.25, 0.3) is 0 Å². The molecule has 1 N–H and O–H groups in total. The predicted molar refractivity (Wildman–Crippen MR) is 108 cm³/mol. The number of ketones is 1. The number of rotatable bonds is 6. The maximum Gasteiger partial charge on any atom is 0.188 e. The number of fused-ring (bicyclic) bond motifs is 1. The van der Waals surface area contributed by atoms with Crippen LogP contribution in [-0.4, -0.2) is 35.3 Å². The average molecular weight is 414 g/mol. The van der Waals surface area contributed by atoms with E-state index in [2.05, 4.69) is 30.2 Å². The number of nitrogens with zero attached hydrogens (tertiary/aromatic N) is 6. The van der Waals surface area contributed by atoms with Crippen LogP contribution in [-0.2, 0) is 7.05 Å².